The van der Waals surface area contributed by atoms with Gasteiger partial charge in [-0.3, -0.25) is 4.79 Å². The number of hydrogen-bond donors (Lipinski definition) is 2. The summed E-state index contributed by atoms with van der Waals surface area (Å²) in [6.07, 6.45) is 0. The van der Waals surface area contributed by atoms with Crippen molar-refractivity contribution in [3.63, 3.8) is 0 Å². The SMILES string of the molecule is CC(C)(CN)CNC(=O)c1ccc(Br)cc1. The van der Waals surface area contributed by atoms with Crippen LogP contribution in [0.4, 0.5) is 0 Å². The Bertz CT molecular complexity index is 360. The van der Waals surface area contributed by atoms with Crippen molar-refractivity contribution in [3.8, 4) is 0 Å². The third-order valence-corrected chi connectivity index (χ3v) is 2.92. The molecule has 1 amide bonds. The molecular weight excluding hydrogens is 268 g/mol. The summed E-state index contributed by atoms with van der Waals surface area (Å²) in [7, 11) is 0. The summed E-state index contributed by atoms with van der Waals surface area (Å²) in [5, 5.41) is 2.88. The average Bonchev–Trinajstić information content (AvgIpc) is 2.27. The van der Waals surface area contributed by atoms with E-state index in [0.29, 0.717) is 18.7 Å². The highest BCUT2D eigenvalue weighted by molar-refractivity contribution is 9.10. The molecule has 0 spiro atoms. The summed E-state index contributed by atoms with van der Waals surface area (Å²) in [5.41, 5.74) is 6.19. The number of amides is 1. The van der Waals surface area contributed by atoms with E-state index in [-0.39, 0.29) is 11.3 Å². The van der Waals surface area contributed by atoms with Gasteiger partial charge in [-0.15, -0.1) is 0 Å². The molecule has 0 radical (unpaired) electrons. The van der Waals surface area contributed by atoms with Crippen molar-refractivity contribution in [1.82, 2.24) is 5.32 Å². The van der Waals surface area contributed by atoms with E-state index < -0.39 is 0 Å². The van der Waals surface area contributed by atoms with Crippen LogP contribution in [0.3, 0.4) is 0 Å². The molecule has 1 aromatic rings. The van der Waals surface area contributed by atoms with Crippen LogP contribution < -0.4 is 11.1 Å². The molecule has 0 aliphatic rings. The zero-order valence-corrected chi connectivity index (χ0v) is 11.2. The van der Waals surface area contributed by atoms with Crippen molar-refractivity contribution in [2.24, 2.45) is 11.1 Å². The number of hydrogen-bond acceptors (Lipinski definition) is 2. The van der Waals surface area contributed by atoms with Crippen molar-refractivity contribution in [1.29, 1.82) is 0 Å². The van der Waals surface area contributed by atoms with Crippen molar-refractivity contribution in [2.75, 3.05) is 13.1 Å². The standard InChI is InChI=1S/C12H17BrN2O/c1-12(2,7-14)8-15-11(16)9-3-5-10(13)6-4-9/h3-6H,7-8,14H2,1-2H3,(H,15,16). The van der Waals surface area contributed by atoms with Crippen LogP contribution in [0.25, 0.3) is 0 Å². The molecule has 4 heteroatoms. The third-order valence-electron chi connectivity index (χ3n) is 2.39. The van der Waals surface area contributed by atoms with Crippen molar-refractivity contribution < 1.29 is 4.79 Å². The smallest absolute Gasteiger partial charge is 0.251 e. The lowest BCUT2D eigenvalue weighted by atomic mass is 9.94. The van der Waals surface area contributed by atoms with Gasteiger partial charge in [0.25, 0.3) is 5.91 Å². The lowest BCUT2D eigenvalue weighted by Crippen LogP contribution is -2.38. The molecule has 1 aromatic carbocycles. The number of nitrogens with two attached hydrogens (primary N) is 1. The van der Waals surface area contributed by atoms with Crippen LogP contribution in [0.2, 0.25) is 0 Å². The van der Waals surface area contributed by atoms with E-state index in [2.05, 4.69) is 21.2 Å². The molecule has 1 rings (SSSR count). The van der Waals surface area contributed by atoms with Gasteiger partial charge in [0, 0.05) is 16.6 Å². The number of benzene rings is 1. The molecule has 3 nitrogen and oxygen atoms in total. The molecule has 0 fully saturated rings. The highest BCUT2D eigenvalue weighted by atomic mass is 79.9. The molecule has 0 aromatic heterocycles. The van der Waals surface area contributed by atoms with E-state index >= 15 is 0 Å². The highest BCUT2D eigenvalue weighted by Gasteiger charge is 2.16. The number of nitrogens with one attached hydrogen (secondary N) is 1. The van der Waals surface area contributed by atoms with E-state index in [1.54, 1.807) is 12.1 Å². The zero-order chi connectivity index (χ0) is 12.2. The Kier molecular flexibility index (Phi) is 4.50. The maximum Gasteiger partial charge on any atom is 0.251 e. The van der Waals surface area contributed by atoms with Crippen LogP contribution in [-0.4, -0.2) is 19.0 Å². The fraction of sp³-hybridized carbons (Fsp3) is 0.417. The average molecular weight is 285 g/mol. The molecule has 88 valence electrons. The minimum absolute atomic E-state index is 0.0611. The first kappa shape index (κ1) is 13.2. The molecule has 3 N–H and O–H groups in total. The largest absolute Gasteiger partial charge is 0.351 e. The molecule has 0 saturated heterocycles. The van der Waals surface area contributed by atoms with Gasteiger partial charge in [-0.25, -0.2) is 0 Å². The lowest BCUT2D eigenvalue weighted by Gasteiger charge is -2.22. The highest BCUT2D eigenvalue weighted by Crippen LogP contribution is 2.12. The Morgan fingerprint density at radius 1 is 1.38 bits per heavy atom. The molecule has 0 heterocycles. The van der Waals surface area contributed by atoms with Gasteiger partial charge in [-0.1, -0.05) is 29.8 Å². The second-order valence-electron chi connectivity index (χ2n) is 4.56. The van der Waals surface area contributed by atoms with Gasteiger partial charge >= 0.3 is 0 Å². The molecule has 0 unspecified atom stereocenters. The Morgan fingerprint density at radius 2 is 1.94 bits per heavy atom. The molecule has 0 aliphatic carbocycles. The number of halogens is 1. The molecule has 0 saturated carbocycles. The van der Waals surface area contributed by atoms with Gasteiger partial charge in [-0.2, -0.15) is 0 Å². The number of rotatable bonds is 4. The normalized spacial score (nSPS) is 11.2. The summed E-state index contributed by atoms with van der Waals surface area (Å²) < 4.78 is 0.964. The maximum atomic E-state index is 11.8. The zero-order valence-electron chi connectivity index (χ0n) is 9.59. The first-order valence-electron chi connectivity index (χ1n) is 5.18. The Hall–Kier alpha value is -0.870. The van der Waals surface area contributed by atoms with Crippen LogP contribution in [0.5, 0.6) is 0 Å². The fourth-order valence-corrected chi connectivity index (χ4v) is 1.36. The van der Waals surface area contributed by atoms with Gasteiger partial charge in [0.1, 0.15) is 0 Å². The summed E-state index contributed by atoms with van der Waals surface area (Å²) in [6.45, 7) is 5.18. The van der Waals surface area contributed by atoms with E-state index in [1.165, 1.54) is 0 Å². The van der Waals surface area contributed by atoms with Crippen LogP contribution in [-0.2, 0) is 0 Å². The van der Waals surface area contributed by atoms with E-state index in [4.69, 9.17) is 5.73 Å². The van der Waals surface area contributed by atoms with Gasteiger partial charge in [0.2, 0.25) is 0 Å². The minimum Gasteiger partial charge on any atom is -0.351 e. The molecule has 16 heavy (non-hydrogen) atoms. The van der Waals surface area contributed by atoms with Crippen LogP contribution in [0.15, 0.2) is 28.7 Å². The van der Waals surface area contributed by atoms with E-state index in [1.807, 2.05) is 26.0 Å². The van der Waals surface area contributed by atoms with Crippen molar-refractivity contribution in [2.45, 2.75) is 13.8 Å². The molecule has 0 atom stereocenters. The van der Waals surface area contributed by atoms with Gasteiger partial charge in [0.05, 0.1) is 0 Å². The molecule has 0 bridgehead atoms. The van der Waals surface area contributed by atoms with Crippen molar-refractivity contribution >= 4 is 21.8 Å². The predicted octanol–water partition coefficient (Wildman–Crippen LogP) is 2.16. The Balaban J connectivity index is 2.56. The first-order chi connectivity index (χ1) is 7.44. The maximum absolute atomic E-state index is 11.8. The van der Waals surface area contributed by atoms with Gasteiger partial charge in [0.15, 0.2) is 0 Å². The van der Waals surface area contributed by atoms with E-state index in [9.17, 15) is 4.79 Å². The monoisotopic (exact) mass is 284 g/mol. The molecule has 0 aliphatic heterocycles. The summed E-state index contributed by atoms with van der Waals surface area (Å²) in [4.78, 5) is 11.8. The fourth-order valence-electron chi connectivity index (χ4n) is 1.10. The topological polar surface area (TPSA) is 55.1 Å². The van der Waals surface area contributed by atoms with Crippen LogP contribution in [0, 0.1) is 5.41 Å². The van der Waals surface area contributed by atoms with Crippen LogP contribution >= 0.6 is 15.9 Å². The molecular formula is C12H17BrN2O. The van der Waals surface area contributed by atoms with Gasteiger partial charge in [-0.05, 0) is 36.2 Å². The minimum atomic E-state index is -0.0645. The summed E-state index contributed by atoms with van der Waals surface area (Å²) in [6, 6.07) is 7.27. The summed E-state index contributed by atoms with van der Waals surface area (Å²) >= 11 is 3.33. The quantitative estimate of drug-likeness (QED) is 0.890. The first-order valence-corrected chi connectivity index (χ1v) is 5.98. The Labute approximate surface area is 105 Å². The van der Waals surface area contributed by atoms with Crippen LogP contribution in [0.1, 0.15) is 24.2 Å². The third kappa shape index (κ3) is 3.94. The summed E-state index contributed by atoms with van der Waals surface area (Å²) in [5.74, 6) is -0.0611. The second kappa shape index (κ2) is 5.46. The predicted molar refractivity (Wildman–Crippen MR) is 69.3 cm³/mol. The van der Waals surface area contributed by atoms with E-state index in [0.717, 1.165) is 4.47 Å². The Morgan fingerprint density at radius 3 is 2.44 bits per heavy atom. The second-order valence-corrected chi connectivity index (χ2v) is 5.47. The number of carbonyl (C=O) groups is 1. The van der Waals surface area contributed by atoms with Gasteiger partial charge < -0.3 is 11.1 Å². The van der Waals surface area contributed by atoms with Crippen molar-refractivity contribution in [3.05, 3.63) is 34.3 Å². The number of carbonyl (C=O) groups excluding carboxylic acids is 1. The lowest BCUT2D eigenvalue weighted by molar-refractivity contribution is 0.0938.